The van der Waals surface area contributed by atoms with Crippen LogP contribution in [0.3, 0.4) is 0 Å². The third kappa shape index (κ3) is 4.79. The number of carbonyl (C=O) groups is 1. The van der Waals surface area contributed by atoms with E-state index in [4.69, 9.17) is 4.52 Å². The maximum atomic E-state index is 12.8. The Morgan fingerprint density at radius 2 is 1.69 bits per heavy atom. The number of hydrogen-bond acceptors (Lipinski definition) is 6. The molecular formula is C28H26N6O2. The first-order valence-electron chi connectivity index (χ1n) is 11.6. The molecule has 1 amide bonds. The predicted octanol–water partition coefficient (Wildman–Crippen LogP) is 5.84. The molecule has 1 aromatic carbocycles. The summed E-state index contributed by atoms with van der Waals surface area (Å²) in [5, 5.41) is 11.4. The van der Waals surface area contributed by atoms with Gasteiger partial charge in [-0.2, -0.15) is 5.10 Å². The summed E-state index contributed by atoms with van der Waals surface area (Å²) < 4.78 is 7.14. The highest BCUT2D eigenvalue weighted by Gasteiger charge is 2.22. The first-order chi connectivity index (χ1) is 17.3. The number of anilines is 1. The van der Waals surface area contributed by atoms with Crippen LogP contribution in [0, 0.1) is 6.92 Å². The molecule has 0 fully saturated rings. The number of nitrogens with zero attached hydrogens (tertiary/aromatic N) is 5. The molecule has 36 heavy (non-hydrogen) atoms. The van der Waals surface area contributed by atoms with E-state index in [2.05, 4.69) is 31.6 Å². The van der Waals surface area contributed by atoms with E-state index in [0.29, 0.717) is 11.4 Å². The summed E-state index contributed by atoms with van der Waals surface area (Å²) in [6.07, 6.45) is 11.0. The van der Waals surface area contributed by atoms with Gasteiger partial charge in [0.05, 0.1) is 11.9 Å². The maximum Gasteiger partial charge on any atom is 0.277 e. The molecule has 0 saturated heterocycles. The molecule has 0 unspecified atom stereocenters. The summed E-state index contributed by atoms with van der Waals surface area (Å²) in [5.41, 5.74) is 6.38. The topological polar surface area (TPSA) is 98.7 Å². The number of nitrogens with one attached hydrogen (secondary N) is 1. The third-order valence-corrected chi connectivity index (χ3v) is 5.84. The summed E-state index contributed by atoms with van der Waals surface area (Å²) in [5.74, 6) is 0.326. The zero-order valence-corrected chi connectivity index (χ0v) is 20.6. The van der Waals surface area contributed by atoms with Crippen molar-refractivity contribution in [1.82, 2.24) is 24.9 Å². The molecule has 0 aliphatic rings. The average Bonchev–Trinajstić information content (AvgIpc) is 3.57. The van der Waals surface area contributed by atoms with Crippen LogP contribution < -0.4 is 5.32 Å². The monoisotopic (exact) mass is 478 g/mol. The van der Waals surface area contributed by atoms with Gasteiger partial charge < -0.3 is 9.84 Å². The summed E-state index contributed by atoms with van der Waals surface area (Å²) in [4.78, 5) is 21.4. The molecule has 0 aliphatic carbocycles. The Hall–Kier alpha value is -4.59. The Kier molecular flexibility index (Phi) is 5.93. The minimum Gasteiger partial charge on any atom is -0.360 e. The van der Waals surface area contributed by atoms with Crippen molar-refractivity contribution in [1.29, 1.82) is 0 Å². The molecular weight excluding hydrogens is 452 g/mol. The van der Waals surface area contributed by atoms with Gasteiger partial charge in [-0.3, -0.25) is 14.8 Å². The fourth-order valence-corrected chi connectivity index (χ4v) is 3.76. The molecule has 0 bridgehead atoms. The van der Waals surface area contributed by atoms with Crippen LogP contribution in [0.2, 0.25) is 0 Å². The highest BCUT2D eigenvalue weighted by molar-refractivity contribution is 6.03. The summed E-state index contributed by atoms with van der Waals surface area (Å²) >= 11 is 0. The van der Waals surface area contributed by atoms with E-state index in [1.54, 1.807) is 23.1 Å². The van der Waals surface area contributed by atoms with Crippen LogP contribution in [-0.4, -0.2) is 30.8 Å². The number of aryl methyl sites for hydroxylation is 1. The molecule has 0 saturated carbocycles. The van der Waals surface area contributed by atoms with Crippen LogP contribution >= 0.6 is 0 Å². The van der Waals surface area contributed by atoms with E-state index in [-0.39, 0.29) is 17.0 Å². The lowest BCUT2D eigenvalue weighted by atomic mass is 9.93. The van der Waals surface area contributed by atoms with E-state index in [9.17, 15) is 4.79 Å². The number of aromatic nitrogens is 5. The van der Waals surface area contributed by atoms with Gasteiger partial charge in [-0.15, -0.1) is 0 Å². The lowest BCUT2D eigenvalue weighted by Gasteiger charge is -2.12. The molecule has 0 spiro atoms. The standard InChI is InChI=1S/C28H26N6O2/c1-18-7-8-23(32-27(35)24-12-26(36-33-24)28(2,3)4)11-25(18)34-17-22(16-31-34)21-10-20(14-30-15-21)19-6-5-9-29-13-19/h5-17H,1-4H3,(H,32,35). The molecule has 5 aromatic rings. The van der Waals surface area contributed by atoms with Gasteiger partial charge >= 0.3 is 0 Å². The van der Waals surface area contributed by atoms with Crippen molar-refractivity contribution in [2.75, 3.05) is 5.32 Å². The van der Waals surface area contributed by atoms with Gasteiger partial charge in [0.25, 0.3) is 5.91 Å². The number of rotatable bonds is 5. The minimum atomic E-state index is -0.330. The zero-order chi connectivity index (χ0) is 25.3. The largest absolute Gasteiger partial charge is 0.360 e. The maximum absolute atomic E-state index is 12.8. The molecule has 180 valence electrons. The Morgan fingerprint density at radius 1 is 0.917 bits per heavy atom. The van der Waals surface area contributed by atoms with Crippen molar-refractivity contribution >= 4 is 11.6 Å². The highest BCUT2D eigenvalue weighted by Crippen LogP contribution is 2.27. The van der Waals surface area contributed by atoms with Gasteiger partial charge in [0, 0.05) is 70.4 Å². The molecule has 1 N–H and O–H groups in total. The first kappa shape index (κ1) is 23.2. The van der Waals surface area contributed by atoms with Gasteiger partial charge in [0.15, 0.2) is 5.69 Å². The Bertz CT molecular complexity index is 1530. The molecule has 0 radical (unpaired) electrons. The van der Waals surface area contributed by atoms with Crippen molar-refractivity contribution < 1.29 is 9.32 Å². The summed E-state index contributed by atoms with van der Waals surface area (Å²) in [6, 6.07) is 13.3. The lowest BCUT2D eigenvalue weighted by Crippen LogP contribution is -2.13. The SMILES string of the molecule is Cc1ccc(NC(=O)c2cc(C(C)(C)C)on2)cc1-n1cc(-c2cncc(-c3cccnc3)c2)cn1. The minimum absolute atomic E-state index is 0.229. The number of hydrogen-bond donors (Lipinski definition) is 1. The summed E-state index contributed by atoms with van der Waals surface area (Å²) in [7, 11) is 0. The molecule has 8 nitrogen and oxygen atoms in total. The van der Waals surface area contributed by atoms with Gasteiger partial charge in [0.2, 0.25) is 0 Å². The number of carbonyl (C=O) groups excluding carboxylic acids is 1. The number of pyridine rings is 2. The van der Waals surface area contributed by atoms with Crippen LogP contribution in [0.15, 0.2) is 84.2 Å². The van der Waals surface area contributed by atoms with Gasteiger partial charge in [0.1, 0.15) is 5.76 Å². The molecule has 4 aromatic heterocycles. The van der Waals surface area contributed by atoms with Gasteiger partial charge in [-0.05, 0) is 36.8 Å². The fourth-order valence-electron chi connectivity index (χ4n) is 3.76. The van der Waals surface area contributed by atoms with Crippen LogP contribution in [0.1, 0.15) is 42.6 Å². The molecule has 0 atom stereocenters. The fraction of sp³-hybridized carbons (Fsp3) is 0.179. The van der Waals surface area contributed by atoms with Crippen LogP contribution in [-0.2, 0) is 5.41 Å². The van der Waals surface area contributed by atoms with Gasteiger partial charge in [-0.25, -0.2) is 4.68 Å². The normalized spacial score (nSPS) is 11.4. The van der Waals surface area contributed by atoms with Crippen molar-refractivity contribution in [2.24, 2.45) is 0 Å². The zero-order valence-electron chi connectivity index (χ0n) is 20.6. The van der Waals surface area contributed by atoms with E-state index in [0.717, 1.165) is 33.5 Å². The van der Waals surface area contributed by atoms with Gasteiger partial charge in [-0.1, -0.05) is 38.1 Å². The summed E-state index contributed by atoms with van der Waals surface area (Å²) in [6.45, 7) is 8.01. The van der Waals surface area contributed by atoms with Crippen molar-refractivity contribution in [3.63, 3.8) is 0 Å². The second-order valence-electron chi connectivity index (χ2n) is 9.66. The molecule has 0 aliphatic heterocycles. The van der Waals surface area contributed by atoms with Crippen LogP contribution in [0.25, 0.3) is 27.9 Å². The second kappa shape index (κ2) is 9.22. The first-order valence-corrected chi connectivity index (χ1v) is 11.6. The lowest BCUT2D eigenvalue weighted by molar-refractivity contribution is 0.101. The van der Waals surface area contributed by atoms with Crippen LogP contribution in [0.4, 0.5) is 5.69 Å². The smallest absolute Gasteiger partial charge is 0.277 e. The quantitative estimate of drug-likeness (QED) is 0.341. The van der Waals surface area contributed by atoms with E-state index >= 15 is 0 Å². The third-order valence-electron chi connectivity index (χ3n) is 5.84. The van der Waals surface area contributed by atoms with E-state index < -0.39 is 0 Å². The second-order valence-corrected chi connectivity index (χ2v) is 9.66. The Balaban J connectivity index is 1.39. The number of amides is 1. The van der Waals surface area contributed by atoms with Crippen LogP contribution in [0.5, 0.6) is 0 Å². The number of benzene rings is 1. The van der Waals surface area contributed by atoms with E-state index in [1.165, 1.54) is 0 Å². The van der Waals surface area contributed by atoms with Crippen molar-refractivity contribution in [3.05, 3.63) is 96.7 Å². The van der Waals surface area contributed by atoms with Crippen molar-refractivity contribution in [2.45, 2.75) is 33.1 Å². The molecule has 5 rings (SSSR count). The predicted molar refractivity (Wildman–Crippen MR) is 138 cm³/mol. The Labute approximate surface area is 209 Å². The van der Waals surface area contributed by atoms with E-state index in [1.807, 2.05) is 82.8 Å². The molecule has 4 heterocycles. The van der Waals surface area contributed by atoms with Crippen molar-refractivity contribution in [3.8, 4) is 27.9 Å². The Morgan fingerprint density at radius 3 is 2.42 bits per heavy atom. The highest BCUT2D eigenvalue weighted by atomic mass is 16.5. The average molecular weight is 479 g/mol. The molecule has 8 heteroatoms.